The molecule has 0 spiro atoms. The monoisotopic (exact) mass is 406 g/mol. The molecule has 1 aromatic rings. The standard InChI is InChI=1S/C13H16Br2N2O3/c1-13(2,3)10(11(18)19)17-12(20)16-9-7(14)5-4-6-8(9)15/h4-6,10H,1-3H3,(H,18,19)(H2,16,17,20)/t10-/m1/s1. The summed E-state index contributed by atoms with van der Waals surface area (Å²) in [6.07, 6.45) is 0. The lowest BCUT2D eigenvalue weighted by molar-refractivity contribution is -0.141. The second-order valence-electron chi connectivity index (χ2n) is 5.33. The zero-order chi connectivity index (χ0) is 15.5. The Kier molecular flexibility index (Phi) is 5.59. The second kappa shape index (κ2) is 6.58. The maximum atomic E-state index is 12.0. The summed E-state index contributed by atoms with van der Waals surface area (Å²) in [6, 6.07) is 3.81. The minimum absolute atomic E-state index is 0.544. The van der Waals surface area contributed by atoms with Crippen molar-refractivity contribution in [2.24, 2.45) is 5.41 Å². The van der Waals surface area contributed by atoms with Crippen LogP contribution in [-0.2, 0) is 4.79 Å². The minimum atomic E-state index is -1.07. The number of carboxylic acid groups (broad SMARTS) is 1. The third kappa shape index (κ3) is 4.49. The smallest absolute Gasteiger partial charge is 0.326 e. The molecule has 7 heteroatoms. The van der Waals surface area contributed by atoms with E-state index < -0.39 is 23.5 Å². The molecule has 1 rings (SSSR count). The van der Waals surface area contributed by atoms with Gasteiger partial charge in [0.2, 0.25) is 0 Å². The van der Waals surface area contributed by atoms with Crippen molar-refractivity contribution in [3.63, 3.8) is 0 Å². The maximum absolute atomic E-state index is 12.0. The normalized spacial score (nSPS) is 12.7. The average molecular weight is 408 g/mol. The van der Waals surface area contributed by atoms with Crippen LogP contribution in [0.4, 0.5) is 10.5 Å². The fraction of sp³-hybridized carbons (Fsp3) is 0.385. The van der Waals surface area contributed by atoms with Crippen molar-refractivity contribution in [1.82, 2.24) is 5.32 Å². The van der Waals surface area contributed by atoms with Crippen molar-refractivity contribution in [3.8, 4) is 0 Å². The Labute approximate surface area is 134 Å². The molecule has 0 aliphatic carbocycles. The van der Waals surface area contributed by atoms with Crippen LogP contribution < -0.4 is 10.6 Å². The molecule has 0 unspecified atom stereocenters. The highest BCUT2D eigenvalue weighted by atomic mass is 79.9. The molecular formula is C13H16Br2N2O3. The van der Waals surface area contributed by atoms with Crippen molar-refractivity contribution in [3.05, 3.63) is 27.1 Å². The molecule has 0 aliphatic heterocycles. The summed E-state index contributed by atoms with van der Waals surface area (Å²) in [5.41, 5.74) is -0.0445. The Balaban J connectivity index is 2.84. The number of aliphatic carboxylic acids is 1. The van der Waals surface area contributed by atoms with Gasteiger partial charge in [-0.05, 0) is 49.4 Å². The van der Waals surface area contributed by atoms with Crippen LogP contribution in [0.15, 0.2) is 27.1 Å². The van der Waals surface area contributed by atoms with Crippen LogP contribution in [-0.4, -0.2) is 23.1 Å². The Morgan fingerprint density at radius 3 is 2.10 bits per heavy atom. The molecule has 3 N–H and O–H groups in total. The van der Waals surface area contributed by atoms with Gasteiger partial charge in [0.15, 0.2) is 0 Å². The summed E-state index contributed by atoms with van der Waals surface area (Å²) in [4.78, 5) is 23.2. The van der Waals surface area contributed by atoms with Gasteiger partial charge in [-0.2, -0.15) is 0 Å². The zero-order valence-electron chi connectivity index (χ0n) is 11.3. The first kappa shape index (κ1) is 17.0. The summed E-state index contributed by atoms with van der Waals surface area (Å²) in [7, 11) is 0. The molecule has 5 nitrogen and oxygen atoms in total. The summed E-state index contributed by atoms with van der Waals surface area (Å²) < 4.78 is 1.40. The van der Waals surface area contributed by atoms with Crippen LogP contribution in [0.3, 0.4) is 0 Å². The van der Waals surface area contributed by atoms with E-state index in [1.807, 2.05) is 6.07 Å². The van der Waals surface area contributed by atoms with Gasteiger partial charge >= 0.3 is 12.0 Å². The van der Waals surface area contributed by atoms with Crippen LogP contribution in [0.1, 0.15) is 20.8 Å². The number of hydrogen-bond donors (Lipinski definition) is 3. The lowest BCUT2D eigenvalue weighted by atomic mass is 9.87. The van der Waals surface area contributed by atoms with E-state index in [-0.39, 0.29) is 0 Å². The Morgan fingerprint density at radius 1 is 1.20 bits per heavy atom. The van der Waals surface area contributed by atoms with Crippen molar-refractivity contribution < 1.29 is 14.7 Å². The molecule has 0 heterocycles. The first-order valence-corrected chi connectivity index (χ1v) is 7.46. The quantitative estimate of drug-likeness (QED) is 0.712. The molecule has 2 amide bonds. The molecule has 1 aromatic carbocycles. The topological polar surface area (TPSA) is 78.4 Å². The molecule has 0 aliphatic rings. The summed E-state index contributed by atoms with van der Waals surface area (Å²) in [5, 5.41) is 14.3. The first-order valence-electron chi connectivity index (χ1n) is 5.87. The number of nitrogens with one attached hydrogen (secondary N) is 2. The fourth-order valence-electron chi connectivity index (χ4n) is 1.55. The van der Waals surface area contributed by atoms with Gasteiger partial charge in [-0.25, -0.2) is 9.59 Å². The van der Waals surface area contributed by atoms with Gasteiger partial charge in [0, 0.05) is 8.95 Å². The number of carboxylic acids is 1. The van der Waals surface area contributed by atoms with Gasteiger partial charge in [0.25, 0.3) is 0 Å². The van der Waals surface area contributed by atoms with Gasteiger partial charge in [0.1, 0.15) is 6.04 Å². The Bertz CT molecular complexity index is 507. The molecule has 20 heavy (non-hydrogen) atoms. The van der Waals surface area contributed by atoms with E-state index in [0.717, 1.165) is 0 Å². The van der Waals surface area contributed by atoms with Gasteiger partial charge < -0.3 is 15.7 Å². The molecule has 0 bridgehead atoms. The Morgan fingerprint density at radius 2 is 1.70 bits per heavy atom. The highest BCUT2D eigenvalue weighted by molar-refractivity contribution is 9.11. The molecular weight excluding hydrogens is 392 g/mol. The number of hydrogen-bond acceptors (Lipinski definition) is 2. The van der Waals surface area contributed by atoms with Gasteiger partial charge in [-0.3, -0.25) is 0 Å². The van der Waals surface area contributed by atoms with Crippen LogP contribution in [0, 0.1) is 5.41 Å². The number of amides is 2. The number of carbonyl (C=O) groups is 2. The van der Waals surface area contributed by atoms with E-state index >= 15 is 0 Å². The van der Waals surface area contributed by atoms with E-state index in [1.165, 1.54) is 0 Å². The number of halogens is 2. The number of carbonyl (C=O) groups excluding carboxylic acids is 1. The van der Waals surface area contributed by atoms with Crippen molar-refractivity contribution >= 4 is 49.5 Å². The first-order chi connectivity index (χ1) is 9.12. The van der Waals surface area contributed by atoms with E-state index in [1.54, 1.807) is 32.9 Å². The largest absolute Gasteiger partial charge is 0.480 e. The zero-order valence-corrected chi connectivity index (χ0v) is 14.5. The molecule has 1 atom stereocenters. The highest BCUT2D eigenvalue weighted by Crippen LogP contribution is 2.30. The predicted octanol–water partition coefficient (Wildman–Crippen LogP) is 3.83. The third-order valence-corrected chi connectivity index (χ3v) is 3.91. The van der Waals surface area contributed by atoms with Crippen LogP contribution in [0.2, 0.25) is 0 Å². The minimum Gasteiger partial charge on any atom is -0.480 e. The number of para-hydroxylation sites is 1. The molecule has 0 aromatic heterocycles. The van der Waals surface area contributed by atoms with Gasteiger partial charge in [0.05, 0.1) is 5.69 Å². The third-order valence-electron chi connectivity index (χ3n) is 2.59. The number of benzene rings is 1. The van der Waals surface area contributed by atoms with Gasteiger partial charge in [-0.15, -0.1) is 0 Å². The van der Waals surface area contributed by atoms with E-state index in [2.05, 4.69) is 42.5 Å². The second-order valence-corrected chi connectivity index (χ2v) is 7.04. The molecule has 0 radical (unpaired) electrons. The highest BCUT2D eigenvalue weighted by Gasteiger charge is 2.32. The summed E-state index contributed by atoms with van der Waals surface area (Å²) >= 11 is 6.64. The lowest BCUT2D eigenvalue weighted by Gasteiger charge is -2.27. The average Bonchev–Trinajstić information content (AvgIpc) is 2.29. The molecule has 0 fully saturated rings. The van der Waals surface area contributed by atoms with Crippen molar-refractivity contribution in [1.29, 1.82) is 0 Å². The molecule has 0 saturated carbocycles. The predicted molar refractivity (Wildman–Crippen MR) is 84.9 cm³/mol. The van der Waals surface area contributed by atoms with Gasteiger partial charge in [-0.1, -0.05) is 26.8 Å². The summed E-state index contributed by atoms with van der Waals surface area (Å²) in [5.74, 6) is -1.07. The fourth-order valence-corrected chi connectivity index (χ4v) is 2.74. The number of rotatable bonds is 3. The van der Waals surface area contributed by atoms with Crippen molar-refractivity contribution in [2.45, 2.75) is 26.8 Å². The van der Waals surface area contributed by atoms with Crippen molar-refractivity contribution in [2.75, 3.05) is 5.32 Å². The number of urea groups is 1. The maximum Gasteiger partial charge on any atom is 0.326 e. The van der Waals surface area contributed by atoms with E-state index in [9.17, 15) is 14.7 Å². The Hall–Kier alpha value is -1.08. The molecule has 0 saturated heterocycles. The van der Waals surface area contributed by atoms with E-state index in [4.69, 9.17) is 0 Å². The van der Waals surface area contributed by atoms with Crippen LogP contribution in [0.5, 0.6) is 0 Å². The SMILES string of the molecule is CC(C)(C)[C@H](NC(=O)Nc1c(Br)cccc1Br)C(=O)O. The molecule has 110 valence electrons. The summed E-state index contributed by atoms with van der Waals surface area (Å²) in [6.45, 7) is 5.25. The van der Waals surface area contributed by atoms with Crippen LogP contribution in [0.25, 0.3) is 0 Å². The lowest BCUT2D eigenvalue weighted by Crippen LogP contribution is -2.50. The van der Waals surface area contributed by atoms with Crippen LogP contribution >= 0.6 is 31.9 Å². The van der Waals surface area contributed by atoms with E-state index in [0.29, 0.717) is 14.6 Å². The number of anilines is 1.